The first-order chi connectivity index (χ1) is 9.49. The van der Waals surface area contributed by atoms with Crippen molar-refractivity contribution in [2.45, 2.75) is 25.9 Å². The lowest BCUT2D eigenvalue weighted by Gasteiger charge is -2.16. The molecule has 0 aliphatic carbocycles. The number of likely N-dealkylation sites (tertiary alicyclic amines) is 1. The van der Waals surface area contributed by atoms with Gasteiger partial charge in [0.15, 0.2) is 17.4 Å². The number of aliphatic hydroxyl groups excluding tert-OH is 1. The summed E-state index contributed by atoms with van der Waals surface area (Å²) in [6.07, 6.45) is 0.712. The van der Waals surface area contributed by atoms with Gasteiger partial charge in [-0.1, -0.05) is 6.07 Å². The average molecular weight is 283 g/mol. The predicted molar refractivity (Wildman–Crippen MR) is 71.5 cm³/mol. The highest BCUT2D eigenvalue weighted by atomic mass is 19.2. The minimum atomic E-state index is -1.07. The Kier molecular flexibility index (Phi) is 4.83. The molecular formula is C15H19F2NO2. The number of carbonyl (C=O) groups is 1. The molecule has 3 nitrogen and oxygen atoms in total. The van der Waals surface area contributed by atoms with Gasteiger partial charge >= 0.3 is 0 Å². The number of Topliss-reactive ketones (excluding diaryl/α,β-unsaturated/α-hetero) is 1. The Morgan fingerprint density at radius 2 is 2.25 bits per heavy atom. The molecule has 1 aliphatic rings. The van der Waals surface area contributed by atoms with E-state index in [1.807, 2.05) is 0 Å². The lowest BCUT2D eigenvalue weighted by Crippen LogP contribution is -2.26. The fraction of sp³-hybridized carbons (Fsp3) is 0.533. The molecule has 1 N–H and O–H groups in total. The quantitative estimate of drug-likeness (QED) is 0.843. The lowest BCUT2D eigenvalue weighted by molar-refractivity contribution is 0.0958. The number of benzene rings is 1. The van der Waals surface area contributed by atoms with Crippen LogP contribution in [0.3, 0.4) is 0 Å². The normalized spacial score (nSPS) is 21.1. The van der Waals surface area contributed by atoms with E-state index in [-0.39, 0.29) is 29.8 Å². The molecule has 2 atom stereocenters. The van der Waals surface area contributed by atoms with Gasteiger partial charge in [-0.25, -0.2) is 8.78 Å². The lowest BCUT2D eigenvalue weighted by atomic mass is 10.0. The molecule has 110 valence electrons. The van der Waals surface area contributed by atoms with E-state index in [1.54, 1.807) is 6.92 Å². The van der Waals surface area contributed by atoms with Crippen molar-refractivity contribution in [1.29, 1.82) is 0 Å². The van der Waals surface area contributed by atoms with Crippen LogP contribution in [0.1, 0.15) is 30.1 Å². The third-order valence-electron chi connectivity index (χ3n) is 3.90. The Bertz CT molecular complexity index is 491. The fourth-order valence-corrected chi connectivity index (χ4v) is 2.57. The summed E-state index contributed by atoms with van der Waals surface area (Å²) in [7, 11) is 0. The number of rotatable bonds is 5. The van der Waals surface area contributed by atoms with Crippen LogP contribution in [-0.2, 0) is 0 Å². The zero-order valence-electron chi connectivity index (χ0n) is 11.5. The first-order valence-corrected chi connectivity index (χ1v) is 6.86. The third-order valence-corrected chi connectivity index (χ3v) is 3.90. The van der Waals surface area contributed by atoms with Gasteiger partial charge in [0, 0.05) is 19.5 Å². The van der Waals surface area contributed by atoms with Gasteiger partial charge in [-0.3, -0.25) is 4.79 Å². The smallest absolute Gasteiger partial charge is 0.169 e. The molecule has 0 aromatic heterocycles. The highest BCUT2D eigenvalue weighted by Gasteiger charge is 2.26. The molecule has 2 unspecified atom stereocenters. The van der Waals surface area contributed by atoms with Crippen molar-refractivity contribution >= 4 is 5.78 Å². The highest BCUT2D eigenvalue weighted by Crippen LogP contribution is 2.20. The summed E-state index contributed by atoms with van der Waals surface area (Å²) in [6.45, 7) is 3.85. The van der Waals surface area contributed by atoms with Crippen LogP contribution in [0.2, 0.25) is 0 Å². The fourth-order valence-electron chi connectivity index (χ4n) is 2.57. The Morgan fingerprint density at radius 1 is 1.50 bits per heavy atom. The van der Waals surface area contributed by atoms with Crippen molar-refractivity contribution in [2.24, 2.45) is 5.92 Å². The second-order valence-corrected chi connectivity index (χ2v) is 5.36. The predicted octanol–water partition coefficient (Wildman–Crippen LogP) is 2.24. The molecule has 20 heavy (non-hydrogen) atoms. The van der Waals surface area contributed by atoms with E-state index in [0.29, 0.717) is 6.54 Å². The summed E-state index contributed by atoms with van der Waals surface area (Å²) in [6, 6.07) is 3.65. The van der Waals surface area contributed by atoms with E-state index in [1.165, 1.54) is 12.1 Å². The van der Waals surface area contributed by atoms with Gasteiger partial charge in [0.2, 0.25) is 0 Å². The maximum atomic E-state index is 13.5. The van der Waals surface area contributed by atoms with Crippen LogP contribution in [0.4, 0.5) is 8.78 Å². The van der Waals surface area contributed by atoms with Crippen molar-refractivity contribution in [2.75, 3.05) is 19.6 Å². The number of aliphatic hydroxyl groups is 1. The molecule has 0 amide bonds. The van der Waals surface area contributed by atoms with Gasteiger partial charge in [0.25, 0.3) is 0 Å². The van der Waals surface area contributed by atoms with E-state index < -0.39 is 11.6 Å². The van der Waals surface area contributed by atoms with Crippen LogP contribution in [0.15, 0.2) is 18.2 Å². The van der Waals surface area contributed by atoms with Crippen molar-refractivity contribution in [3.63, 3.8) is 0 Å². The van der Waals surface area contributed by atoms with Gasteiger partial charge in [0.1, 0.15) is 0 Å². The minimum Gasteiger partial charge on any atom is -0.393 e. The Balaban J connectivity index is 1.89. The maximum absolute atomic E-state index is 13.5. The Morgan fingerprint density at radius 3 is 2.90 bits per heavy atom. The zero-order chi connectivity index (χ0) is 14.7. The Hall–Kier alpha value is -1.33. The molecule has 1 saturated heterocycles. The molecular weight excluding hydrogens is 264 g/mol. The van der Waals surface area contributed by atoms with E-state index in [9.17, 15) is 18.7 Å². The largest absolute Gasteiger partial charge is 0.393 e. The monoisotopic (exact) mass is 283 g/mol. The van der Waals surface area contributed by atoms with Gasteiger partial charge in [-0.15, -0.1) is 0 Å². The van der Waals surface area contributed by atoms with Gasteiger partial charge in [-0.05, 0) is 37.9 Å². The van der Waals surface area contributed by atoms with E-state index >= 15 is 0 Å². The average Bonchev–Trinajstić information content (AvgIpc) is 2.88. The second kappa shape index (κ2) is 6.41. The van der Waals surface area contributed by atoms with Crippen molar-refractivity contribution < 1.29 is 18.7 Å². The van der Waals surface area contributed by atoms with Crippen LogP contribution in [0.5, 0.6) is 0 Å². The molecule has 2 rings (SSSR count). The molecule has 0 saturated carbocycles. The SMILES string of the molecule is CC(O)C1CCN(CCC(=O)c2cccc(F)c2F)C1. The molecule has 1 heterocycles. The number of carbonyl (C=O) groups excluding carboxylic acids is 1. The molecule has 1 fully saturated rings. The van der Waals surface area contributed by atoms with Gasteiger partial charge < -0.3 is 10.0 Å². The van der Waals surface area contributed by atoms with Gasteiger partial charge in [-0.2, -0.15) is 0 Å². The van der Waals surface area contributed by atoms with Crippen LogP contribution in [0.25, 0.3) is 0 Å². The van der Waals surface area contributed by atoms with Crippen molar-refractivity contribution in [3.8, 4) is 0 Å². The van der Waals surface area contributed by atoms with E-state index in [4.69, 9.17) is 0 Å². The number of nitrogens with zero attached hydrogens (tertiary/aromatic N) is 1. The molecule has 5 heteroatoms. The van der Waals surface area contributed by atoms with Crippen LogP contribution >= 0.6 is 0 Å². The topological polar surface area (TPSA) is 40.5 Å². The summed E-state index contributed by atoms with van der Waals surface area (Å²) in [5.41, 5.74) is -0.184. The van der Waals surface area contributed by atoms with Crippen LogP contribution in [0, 0.1) is 17.6 Å². The molecule has 0 bridgehead atoms. The summed E-state index contributed by atoms with van der Waals surface area (Å²) in [5.74, 6) is -2.22. The van der Waals surface area contributed by atoms with E-state index in [0.717, 1.165) is 25.6 Å². The number of halogens is 2. The second-order valence-electron chi connectivity index (χ2n) is 5.36. The number of ketones is 1. The molecule has 1 aromatic carbocycles. The molecule has 0 radical (unpaired) electrons. The van der Waals surface area contributed by atoms with Crippen molar-refractivity contribution in [1.82, 2.24) is 4.90 Å². The summed E-state index contributed by atoms with van der Waals surface area (Å²) in [5, 5.41) is 9.51. The van der Waals surface area contributed by atoms with Crippen LogP contribution < -0.4 is 0 Å². The summed E-state index contributed by atoms with van der Waals surface area (Å²) < 4.78 is 26.5. The molecule has 0 spiro atoms. The van der Waals surface area contributed by atoms with Gasteiger partial charge in [0.05, 0.1) is 11.7 Å². The Labute approximate surface area is 117 Å². The summed E-state index contributed by atoms with van der Waals surface area (Å²) >= 11 is 0. The van der Waals surface area contributed by atoms with Crippen molar-refractivity contribution in [3.05, 3.63) is 35.4 Å². The standard InChI is InChI=1S/C15H19F2NO2/c1-10(19)11-5-7-18(9-11)8-6-14(20)12-3-2-4-13(16)15(12)17/h2-4,10-11,19H,5-9H2,1H3. The zero-order valence-corrected chi connectivity index (χ0v) is 11.5. The molecule has 1 aromatic rings. The van der Waals surface area contributed by atoms with E-state index in [2.05, 4.69) is 4.90 Å². The summed E-state index contributed by atoms with van der Waals surface area (Å²) in [4.78, 5) is 14.0. The maximum Gasteiger partial charge on any atom is 0.169 e. The minimum absolute atomic E-state index is 0.160. The molecule has 1 aliphatic heterocycles. The first kappa shape index (κ1) is 15.1. The number of hydrogen-bond acceptors (Lipinski definition) is 3. The first-order valence-electron chi connectivity index (χ1n) is 6.86. The third kappa shape index (κ3) is 3.41. The highest BCUT2D eigenvalue weighted by molar-refractivity contribution is 5.96. The number of hydrogen-bond donors (Lipinski definition) is 1. The van der Waals surface area contributed by atoms with Crippen LogP contribution in [-0.4, -0.2) is 41.5 Å².